The van der Waals surface area contributed by atoms with Gasteiger partial charge < -0.3 is 0 Å². The van der Waals surface area contributed by atoms with Crippen LogP contribution in [0.4, 0.5) is 0 Å². The lowest BCUT2D eigenvalue weighted by atomic mass is 9.81. The van der Waals surface area contributed by atoms with Crippen LogP contribution in [0.3, 0.4) is 0 Å². The van der Waals surface area contributed by atoms with Crippen molar-refractivity contribution in [3.8, 4) is 11.1 Å². The molecule has 2 aromatic carbocycles. The van der Waals surface area contributed by atoms with Crippen LogP contribution in [0.25, 0.3) is 11.1 Å². The Morgan fingerprint density at radius 2 is 1.68 bits per heavy atom. The third kappa shape index (κ3) is 2.44. The van der Waals surface area contributed by atoms with Crippen LogP contribution < -0.4 is 0 Å². The lowest BCUT2D eigenvalue weighted by Crippen LogP contribution is -2.15. The molecular formula is C20H21BrO. The zero-order chi connectivity index (χ0) is 15.9. The van der Waals surface area contributed by atoms with Gasteiger partial charge in [-0.25, -0.2) is 0 Å². The molecule has 1 aliphatic carbocycles. The highest BCUT2D eigenvalue weighted by molar-refractivity contribution is 9.10. The fraction of sp³-hybridized carbons (Fsp3) is 0.350. The van der Waals surface area contributed by atoms with E-state index in [0.717, 1.165) is 22.9 Å². The van der Waals surface area contributed by atoms with Crippen LogP contribution in [-0.2, 0) is 5.41 Å². The van der Waals surface area contributed by atoms with Crippen molar-refractivity contribution < 1.29 is 4.79 Å². The molecule has 22 heavy (non-hydrogen) atoms. The third-order valence-electron chi connectivity index (χ3n) is 4.72. The van der Waals surface area contributed by atoms with Gasteiger partial charge in [-0.05, 0) is 46.9 Å². The Labute approximate surface area is 140 Å². The molecule has 1 aliphatic rings. The van der Waals surface area contributed by atoms with Crippen molar-refractivity contribution in [2.24, 2.45) is 0 Å². The van der Waals surface area contributed by atoms with E-state index in [9.17, 15) is 4.79 Å². The molecule has 0 aliphatic heterocycles. The molecule has 0 radical (unpaired) electrons. The predicted octanol–water partition coefficient (Wildman–Crippen LogP) is 6.13. The average Bonchev–Trinajstić information content (AvgIpc) is 2.72. The van der Waals surface area contributed by atoms with Crippen LogP contribution in [-0.4, -0.2) is 5.78 Å². The van der Waals surface area contributed by atoms with E-state index in [2.05, 4.69) is 67.0 Å². The zero-order valence-electron chi connectivity index (χ0n) is 13.4. The molecular weight excluding hydrogens is 336 g/mol. The smallest absolute Gasteiger partial charge is 0.162 e. The molecule has 1 nitrogen and oxygen atoms in total. The van der Waals surface area contributed by atoms with Crippen molar-refractivity contribution in [2.75, 3.05) is 0 Å². The van der Waals surface area contributed by atoms with E-state index < -0.39 is 0 Å². The lowest BCUT2D eigenvalue weighted by molar-refractivity contribution is 0.0979. The molecule has 114 valence electrons. The number of carbonyl (C=O) groups is 1. The largest absolute Gasteiger partial charge is 0.294 e. The molecule has 0 amide bonds. The van der Waals surface area contributed by atoms with E-state index in [0.29, 0.717) is 6.42 Å². The molecule has 3 rings (SSSR count). The molecule has 0 atom stereocenters. The van der Waals surface area contributed by atoms with E-state index in [1.807, 2.05) is 6.07 Å². The van der Waals surface area contributed by atoms with Gasteiger partial charge in [0.05, 0.1) is 0 Å². The number of unbranched alkanes of at least 4 members (excludes halogenated alkanes) is 1. The minimum Gasteiger partial charge on any atom is -0.294 e. The second-order valence-corrected chi connectivity index (χ2v) is 7.52. The van der Waals surface area contributed by atoms with Crippen LogP contribution in [0.5, 0.6) is 0 Å². The molecule has 0 fully saturated rings. The van der Waals surface area contributed by atoms with Gasteiger partial charge in [0.25, 0.3) is 0 Å². The van der Waals surface area contributed by atoms with Crippen LogP contribution in [0.15, 0.2) is 40.9 Å². The number of benzene rings is 2. The van der Waals surface area contributed by atoms with Crippen molar-refractivity contribution in [1.29, 1.82) is 0 Å². The maximum absolute atomic E-state index is 12.3. The van der Waals surface area contributed by atoms with Gasteiger partial charge in [0.1, 0.15) is 0 Å². The van der Waals surface area contributed by atoms with Gasteiger partial charge >= 0.3 is 0 Å². The summed E-state index contributed by atoms with van der Waals surface area (Å²) in [6, 6.07) is 12.7. The van der Waals surface area contributed by atoms with Gasteiger partial charge in [0.15, 0.2) is 5.78 Å². The second-order valence-electron chi connectivity index (χ2n) is 6.60. The van der Waals surface area contributed by atoms with Crippen molar-refractivity contribution in [2.45, 2.75) is 45.4 Å². The molecule has 0 aromatic heterocycles. The van der Waals surface area contributed by atoms with Crippen molar-refractivity contribution in [1.82, 2.24) is 0 Å². The highest BCUT2D eigenvalue weighted by atomic mass is 79.9. The quantitative estimate of drug-likeness (QED) is 0.602. The Bertz CT molecular complexity index is 743. The summed E-state index contributed by atoms with van der Waals surface area (Å²) < 4.78 is 1.10. The molecule has 0 N–H and O–H groups in total. The minimum absolute atomic E-state index is 0.0600. The van der Waals surface area contributed by atoms with Crippen LogP contribution in [0, 0.1) is 0 Å². The summed E-state index contributed by atoms with van der Waals surface area (Å²) in [7, 11) is 0. The number of rotatable bonds is 4. The van der Waals surface area contributed by atoms with Crippen LogP contribution >= 0.6 is 15.9 Å². The predicted molar refractivity (Wildman–Crippen MR) is 95.6 cm³/mol. The van der Waals surface area contributed by atoms with Gasteiger partial charge in [0, 0.05) is 21.9 Å². The topological polar surface area (TPSA) is 17.1 Å². The standard InChI is InChI=1S/C20H21BrO/c1-4-5-6-19(22)13-7-9-15-16-10-8-14(21)12-18(16)20(2,3)17(15)11-13/h7-12H,4-6H2,1-3H3. The Balaban J connectivity index is 2.07. The Morgan fingerprint density at radius 1 is 1.05 bits per heavy atom. The van der Waals surface area contributed by atoms with E-state index in [-0.39, 0.29) is 11.2 Å². The lowest BCUT2D eigenvalue weighted by Gasteiger charge is -2.22. The average molecular weight is 357 g/mol. The molecule has 2 aromatic rings. The molecule has 0 unspecified atom stereocenters. The first-order valence-corrected chi connectivity index (χ1v) is 8.72. The van der Waals surface area contributed by atoms with Gasteiger partial charge in [-0.1, -0.05) is 61.3 Å². The van der Waals surface area contributed by atoms with Crippen LogP contribution in [0.1, 0.15) is 61.5 Å². The summed E-state index contributed by atoms with van der Waals surface area (Å²) in [5, 5.41) is 0. The zero-order valence-corrected chi connectivity index (χ0v) is 15.0. The fourth-order valence-corrected chi connectivity index (χ4v) is 3.73. The van der Waals surface area contributed by atoms with Crippen molar-refractivity contribution in [3.05, 3.63) is 57.6 Å². The SMILES string of the molecule is CCCCC(=O)c1ccc2c(c1)C(C)(C)c1cc(Br)ccc1-2. The van der Waals surface area contributed by atoms with E-state index in [4.69, 9.17) is 0 Å². The summed E-state index contributed by atoms with van der Waals surface area (Å²) in [4.78, 5) is 12.3. The van der Waals surface area contributed by atoms with E-state index >= 15 is 0 Å². The first-order valence-electron chi connectivity index (χ1n) is 7.93. The molecule has 2 heteroatoms. The molecule has 0 spiro atoms. The third-order valence-corrected chi connectivity index (χ3v) is 5.21. The fourth-order valence-electron chi connectivity index (χ4n) is 3.36. The number of Topliss-reactive ketones (excluding diaryl/α,β-unsaturated/α-hetero) is 1. The van der Waals surface area contributed by atoms with Gasteiger partial charge in [-0.2, -0.15) is 0 Å². The minimum atomic E-state index is -0.0600. The highest BCUT2D eigenvalue weighted by Crippen LogP contribution is 2.49. The molecule has 0 bridgehead atoms. The Kier molecular flexibility index (Phi) is 3.98. The summed E-state index contributed by atoms with van der Waals surface area (Å²) in [6.07, 6.45) is 2.67. The number of fused-ring (bicyclic) bond motifs is 3. The summed E-state index contributed by atoms with van der Waals surface area (Å²) in [6.45, 7) is 6.60. The summed E-state index contributed by atoms with van der Waals surface area (Å²) in [5.74, 6) is 0.262. The monoisotopic (exact) mass is 356 g/mol. The first kappa shape index (κ1) is 15.5. The number of halogens is 1. The van der Waals surface area contributed by atoms with Crippen molar-refractivity contribution >= 4 is 21.7 Å². The van der Waals surface area contributed by atoms with Gasteiger partial charge in [0.2, 0.25) is 0 Å². The maximum atomic E-state index is 12.3. The van der Waals surface area contributed by atoms with E-state index in [1.54, 1.807) is 0 Å². The Hall–Kier alpha value is -1.41. The number of hydrogen-bond donors (Lipinski definition) is 0. The number of hydrogen-bond acceptors (Lipinski definition) is 1. The highest BCUT2D eigenvalue weighted by Gasteiger charge is 2.35. The molecule has 0 heterocycles. The van der Waals surface area contributed by atoms with E-state index in [1.165, 1.54) is 22.3 Å². The molecule has 0 saturated heterocycles. The maximum Gasteiger partial charge on any atom is 0.162 e. The van der Waals surface area contributed by atoms with Gasteiger partial charge in [-0.3, -0.25) is 4.79 Å². The first-order chi connectivity index (χ1) is 10.4. The second kappa shape index (κ2) is 5.66. The summed E-state index contributed by atoms with van der Waals surface area (Å²) in [5.41, 5.74) is 5.94. The van der Waals surface area contributed by atoms with Crippen molar-refractivity contribution in [3.63, 3.8) is 0 Å². The number of carbonyl (C=O) groups excluding carboxylic acids is 1. The number of ketones is 1. The molecule has 0 saturated carbocycles. The van der Waals surface area contributed by atoms with Gasteiger partial charge in [-0.15, -0.1) is 0 Å². The summed E-state index contributed by atoms with van der Waals surface area (Å²) >= 11 is 3.57. The normalized spacial score (nSPS) is 14.5. The Morgan fingerprint density at radius 3 is 2.36 bits per heavy atom. The van der Waals surface area contributed by atoms with Crippen LogP contribution in [0.2, 0.25) is 0 Å².